The Kier molecular flexibility index (Phi) is 6.06. The van der Waals surface area contributed by atoms with Gasteiger partial charge in [0.15, 0.2) is 0 Å². The Labute approximate surface area is 183 Å². The molecule has 3 aromatic rings. The van der Waals surface area contributed by atoms with Crippen molar-refractivity contribution in [2.75, 3.05) is 12.4 Å². The highest BCUT2D eigenvalue weighted by Gasteiger charge is 2.29. The summed E-state index contributed by atoms with van der Waals surface area (Å²) in [6, 6.07) is 11.0. The predicted octanol–water partition coefficient (Wildman–Crippen LogP) is 3.18. The lowest BCUT2D eigenvalue weighted by molar-refractivity contribution is 0.551. The summed E-state index contributed by atoms with van der Waals surface area (Å²) in [6.07, 6.45) is 4.19. The average Bonchev–Trinajstić information content (AvgIpc) is 3.55. The Morgan fingerprint density at radius 3 is 2.55 bits per heavy atom. The van der Waals surface area contributed by atoms with E-state index in [1.165, 1.54) is 0 Å². The molecule has 1 aromatic carbocycles. The molecule has 0 amide bonds. The molecule has 1 fully saturated rings. The second kappa shape index (κ2) is 8.76. The van der Waals surface area contributed by atoms with E-state index in [9.17, 15) is 8.42 Å². The SMILES string of the molecule is CCn1cc(S(=O)(=O)N[C@@H](Cc2cc(NC)nc(C3CC3)n2)c2ccccc2)c(C)n1. The van der Waals surface area contributed by atoms with Crippen LogP contribution in [0.2, 0.25) is 0 Å². The molecule has 0 aliphatic heterocycles. The molecule has 0 saturated heterocycles. The highest BCUT2D eigenvalue weighted by molar-refractivity contribution is 7.89. The Bertz CT molecular complexity index is 1160. The fourth-order valence-electron chi connectivity index (χ4n) is 3.57. The van der Waals surface area contributed by atoms with E-state index in [0.29, 0.717) is 24.6 Å². The van der Waals surface area contributed by atoms with Gasteiger partial charge in [-0.25, -0.2) is 23.1 Å². The standard InChI is InChI=1S/C22H28N6O2S/c1-4-28-14-20(15(2)26-28)31(29,30)27-19(16-8-6-5-7-9-16)12-18-13-21(23-3)25-22(24-18)17-10-11-17/h5-9,13-14,17,19,27H,4,10-12H2,1-3H3,(H,23,24,25)/t19-/m0/s1. The quantitative estimate of drug-likeness (QED) is 0.530. The molecule has 0 bridgehead atoms. The van der Waals surface area contributed by atoms with Gasteiger partial charge in [-0.05, 0) is 32.3 Å². The number of rotatable bonds is 9. The first kappa shape index (κ1) is 21.5. The van der Waals surface area contributed by atoms with Gasteiger partial charge in [0, 0.05) is 43.9 Å². The zero-order valence-corrected chi connectivity index (χ0v) is 18.9. The number of nitrogens with one attached hydrogen (secondary N) is 2. The second-order valence-corrected chi connectivity index (χ2v) is 9.53. The lowest BCUT2D eigenvalue weighted by atomic mass is 10.0. The molecule has 4 rings (SSSR count). The van der Waals surface area contributed by atoms with Crippen molar-refractivity contribution in [1.82, 2.24) is 24.5 Å². The molecule has 2 N–H and O–H groups in total. The highest BCUT2D eigenvalue weighted by atomic mass is 32.2. The largest absolute Gasteiger partial charge is 0.373 e. The number of hydrogen-bond acceptors (Lipinski definition) is 6. The fourth-order valence-corrected chi connectivity index (χ4v) is 4.98. The highest BCUT2D eigenvalue weighted by Crippen LogP contribution is 2.38. The molecule has 1 saturated carbocycles. The molecule has 31 heavy (non-hydrogen) atoms. The van der Waals surface area contributed by atoms with Crippen LogP contribution in [0.5, 0.6) is 0 Å². The minimum atomic E-state index is -3.77. The summed E-state index contributed by atoms with van der Waals surface area (Å²) in [5.41, 5.74) is 2.17. The van der Waals surface area contributed by atoms with Crippen molar-refractivity contribution in [3.05, 3.63) is 65.4 Å². The maximum Gasteiger partial charge on any atom is 0.244 e. The zero-order valence-electron chi connectivity index (χ0n) is 18.0. The molecule has 0 spiro atoms. The molecule has 0 radical (unpaired) electrons. The number of sulfonamides is 1. The topological polar surface area (TPSA) is 102 Å². The summed E-state index contributed by atoms with van der Waals surface area (Å²) in [4.78, 5) is 9.51. The molecular weight excluding hydrogens is 412 g/mol. The molecule has 0 unspecified atom stereocenters. The molecule has 1 aliphatic carbocycles. The van der Waals surface area contributed by atoms with Gasteiger partial charge in [-0.15, -0.1) is 0 Å². The molecule has 2 aromatic heterocycles. The average molecular weight is 441 g/mol. The molecule has 1 atom stereocenters. The van der Waals surface area contributed by atoms with Gasteiger partial charge < -0.3 is 5.32 Å². The van der Waals surface area contributed by atoms with Crippen molar-refractivity contribution < 1.29 is 8.42 Å². The van der Waals surface area contributed by atoms with Gasteiger partial charge in [0.25, 0.3) is 0 Å². The minimum Gasteiger partial charge on any atom is -0.373 e. The molecule has 2 heterocycles. The Morgan fingerprint density at radius 1 is 1.19 bits per heavy atom. The van der Waals surface area contributed by atoms with E-state index in [0.717, 1.165) is 35.7 Å². The van der Waals surface area contributed by atoms with Gasteiger partial charge in [0.1, 0.15) is 16.5 Å². The third kappa shape index (κ3) is 4.94. The summed E-state index contributed by atoms with van der Waals surface area (Å²) in [5.74, 6) is 1.99. The normalized spacial score (nSPS) is 15.1. The van der Waals surface area contributed by atoms with Crippen LogP contribution in [-0.4, -0.2) is 35.2 Å². The maximum atomic E-state index is 13.3. The van der Waals surface area contributed by atoms with Gasteiger partial charge in [-0.3, -0.25) is 4.68 Å². The summed E-state index contributed by atoms with van der Waals surface area (Å²) in [5, 5.41) is 7.38. The third-order valence-electron chi connectivity index (χ3n) is 5.42. The molecular formula is C22H28N6O2S. The Morgan fingerprint density at radius 2 is 1.94 bits per heavy atom. The van der Waals surface area contributed by atoms with Crippen LogP contribution in [0.3, 0.4) is 0 Å². The van der Waals surface area contributed by atoms with E-state index in [-0.39, 0.29) is 4.90 Å². The van der Waals surface area contributed by atoms with Crippen molar-refractivity contribution in [2.45, 2.75) is 56.5 Å². The maximum absolute atomic E-state index is 13.3. The number of aromatic nitrogens is 4. The number of benzene rings is 1. The smallest absolute Gasteiger partial charge is 0.244 e. The van der Waals surface area contributed by atoms with Gasteiger partial charge in [0.2, 0.25) is 10.0 Å². The van der Waals surface area contributed by atoms with Crippen LogP contribution in [0, 0.1) is 6.92 Å². The zero-order chi connectivity index (χ0) is 22.0. The predicted molar refractivity (Wildman–Crippen MR) is 119 cm³/mol. The van der Waals surface area contributed by atoms with Crippen molar-refractivity contribution >= 4 is 15.8 Å². The summed E-state index contributed by atoms with van der Waals surface area (Å²) < 4.78 is 31.0. The first-order chi connectivity index (χ1) is 14.9. The van der Waals surface area contributed by atoms with Crippen LogP contribution >= 0.6 is 0 Å². The van der Waals surface area contributed by atoms with Gasteiger partial charge in [-0.1, -0.05) is 30.3 Å². The Hall–Kier alpha value is -2.78. The third-order valence-corrected chi connectivity index (χ3v) is 7.00. The van der Waals surface area contributed by atoms with Crippen LogP contribution in [0.4, 0.5) is 5.82 Å². The Balaban J connectivity index is 1.67. The second-order valence-electron chi connectivity index (χ2n) is 7.85. The van der Waals surface area contributed by atoms with E-state index in [2.05, 4.69) is 20.1 Å². The fraction of sp³-hybridized carbons (Fsp3) is 0.409. The molecule has 8 nitrogen and oxygen atoms in total. The van der Waals surface area contributed by atoms with E-state index >= 15 is 0 Å². The minimum absolute atomic E-state index is 0.201. The van der Waals surface area contributed by atoms with Gasteiger partial charge in [0.05, 0.1) is 11.7 Å². The van der Waals surface area contributed by atoms with Crippen LogP contribution in [0.25, 0.3) is 0 Å². The molecule has 9 heteroatoms. The van der Waals surface area contributed by atoms with Crippen molar-refractivity contribution in [3.8, 4) is 0 Å². The number of nitrogens with zero attached hydrogens (tertiary/aromatic N) is 4. The van der Waals surface area contributed by atoms with Gasteiger partial charge >= 0.3 is 0 Å². The number of anilines is 1. The van der Waals surface area contributed by atoms with Gasteiger partial charge in [-0.2, -0.15) is 5.10 Å². The number of aryl methyl sites for hydroxylation is 2. The summed E-state index contributed by atoms with van der Waals surface area (Å²) in [7, 11) is -1.94. The summed E-state index contributed by atoms with van der Waals surface area (Å²) >= 11 is 0. The van der Waals surface area contributed by atoms with Crippen LogP contribution in [-0.2, 0) is 23.0 Å². The van der Waals surface area contributed by atoms with Crippen molar-refractivity contribution in [1.29, 1.82) is 0 Å². The first-order valence-corrected chi connectivity index (χ1v) is 12.0. The first-order valence-electron chi connectivity index (χ1n) is 10.6. The molecule has 1 aliphatic rings. The van der Waals surface area contributed by atoms with E-state index in [1.54, 1.807) is 17.8 Å². The number of hydrogen-bond donors (Lipinski definition) is 2. The van der Waals surface area contributed by atoms with Crippen LogP contribution in [0.1, 0.15) is 54.5 Å². The van der Waals surface area contributed by atoms with Crippen LogP contribution < -0.4 is 10.0 Å². The van der Waals surface area contributed by atoms with Crippen molar-refractivity contribution in [2.24, 2.45) is 0 Å². The van der Waals surface area contributed by atoms with Crippen LogP contribution in [0.15, 0.2) is 47.5 Å². The molecule has 164 valence electrons. The monoisotopic (exact) mass is 440 g/mol. The van der Waals surface area contributed by atoms with E-state index in [1.807, 2.05) is 50.4 Å². The van der Waals surface area contributed by atoms with E-state index in [4.69, 9.17) is 4.98 Å². The van der Waals surface area contributed by atoms with E-state index < -0.39 is 16.1 Å². The summed E-state index contributed by atoms with van der Waals surface area (Å²) in [6.45, 7) is 4.24. The lowest BCUT2D eigenvalue weighted by Gasteiger charge is -2.19. The van der Waals surface area contributed by atoms with Crippen molar-refractivity contribution in [3.63, 3.8) is 0 Å². The lowest BCUT2D eigenvalue weighted by Crippen LogP contribution is -2.30.